The Morgan fingerprint density at radius 1 is 1.03 bits per heavy atom. The van der Waals surface area contributed by atoms with Crippen LogP contribution in [-0.4, -0.2) is 73.3 Å². The van der Waals surface area contributed by atoms with Crippen LogP contribution in [0.5, 0.6) is 0 Å². The Labute approximate surface area is 192 Å². The number of aromatic nitrogens is 1. The number of anilines is 1. The summed E-state index contributed by atoms with van der Waals surface area (Å²) in [6.45, 7) is 8.95. The minimum Gasteiger partial charge on any atom is -0.378 e. The second kappa shape index (κ2) is 9.44. The molecule has 0 bridgehead atoms. The van der Waals surface area contributed by atoms with Crippen LogP contribution in [0.1, 0.15) is 21.1 Å². The zero-order chi connectivity index (χ0) is 21.9. The number of amides is 1. The average Bonchev–Trinajstić information content (AvgIpc) is 3.47. The lowest BCUT2D eigenvalue weighted by molar-refractivity contribution is 0.0630. The van der Waals surface area contributed by atoms with E-state index in [2.05, 4.69) is 33.2 Å². The maximum atomic E-state index is 13.4. The Morgan fingerprint density at radius 3 is 2.47 bits per heavy atom. The molecule has 0 aliphatic carbocycles. The number of piperazine rings is 1. The van der Waals surface area contributed by atoms with Crippen molar-refractivity contribution in [1.82, 2.24) is 15.0 Å². The maximum absolute atomic E-state index is 13.4. The van der Waals surface area contributed by atoms with E-state index in [0.29, 0.717) is 0 Å². The van der Waals surface area contributed by atoms with Gasteiger partial charge < -0.3 is 19.1 Å². The minimum absolute atomic E-state index is 0.128. The van der Waals surface area contributed by atoms with Gasteiger partial charge in [-0.05, 0) is 18.6 Å². The number of carbonyl (C=O) groups is 1. The van der Waals surface area contributed by atoms with Crippen LogP contribution in [0.4, 0.5) is 5.00 Å². The zero-order valence-electron chi connectivity index (χ0n) is 18.3. The van der Waals surface area contributed by atoms with Gasteiger partial charge in [0.05, 0.1) is 28.8 Å². The van der Waals surface area contributed by atoms with E-state index in [9.17, 15) is 4.79 Å². The summed E-state index contributed by atoms with van der Waals surface area (Å²) >= 11 is 1.61. The standard InChI is InChI=1S/C24H28N4O3S/c1-18-15-20(25-31-18)17-26-7-9-27(10-8-26)23(29)22-16-21(19-5-3-2-4-6-19)24(32-22)28-11-13-30-14-12-28/h2-6,15-16H,7-14,17H2,1H3. The van der Waals surface area contributed by atoms with Crippen molar-refractivity contribution in [2.75, 3.05) is 57.4 Å². The van der Waals surface area contributed by atoms with Gasteiger partial charge in [0, 0.05) is 57.4 Å². The van der Waals surface area contributed by atoms with E-state index in [4.69, 9.17) is 9.26 Å². The lowest BCUT2D eigenvalue weighted by Crippen LogP contribution is -2.48. The summed E-state index contributed by atoms with van der Waals surface area (Å²) in [7, 11) is 0. The van der Waals surface area contributed by atoms with Gasteiger partial charge in [0.1, 0.15) is 5.76 Å². The molecule has 0 radical (unpaired) electrons. The molecule has 168 valence electrons. The second-order valence-corrected chi connectivity index (χ2v) is 9.32. The van der Waals surface area contributed by atoms with Crippen molar-refractivity contribution in [2.45, 2.75) is 13.5 Å². The highest BCUT2D eigenvalue weighted by Crippen LogP contribution is 2.40. The highest BCUT2D eigenvalue weighted by Gasteiger charge is 2.27. The lowest BCUT2D eigenvalue weighted by Gasteiger charge is -2.34. The summed E-state index contributed by atoms with van der Waals surface area (Å²) < 4.78 is 10.7. The highest BCUT2D eigenvalue weighted by molar-refractivity contribution is 7.18. The van der Waals surface area contributed by atoms with Gasteiger partial charge in [0.15, 0.2) is 0 Å². The summed E-state index contributed by atoms with van der Waals surface area (Å²) in [6.07, 6.45) is 0. The SMILES string of the molecule is Cc1cc(CN2CCN(C(=O)c3cc(-c4ccccc4)c(N4CCOCC4)s3)CC2)no1. The predicted octanol–water partition coefficient (Wildman–Crippen LogP) is 3.51. The van der Waals surface area contributed by atoms with Gasteiger partial charge in [0.25, 0.3) is 5.91 Å². The molecular formula is C24H28N4O3S. The summed E-state index contributed by atoms with van der Waals surface area (Å²) in [5.74, 6) is 0.959. The van der Waals surface area contributed by atoms with Gasteiger partial charge in [-0.3, -0.25) is 9.69 Å². The Morgan fingerprint density at radius 2 is 1.78 bits per heavy atom. The first-order chi connectivity index (χ1) is 15.7. The van der Waals surface area contributed by atoms with Crippen molar-refractivity contribution in [1.29, 1.82) is 0 Å². The summed E-state index contributed by atoms with van der Waals surface area (Å²) in [5.41, 5.74) is 3.24. The number of ether oxygens (including phenoxy) is 1. The quantitative estimate of drug-likeness (QED) is 0.591. The molecule has 32 heavy (non-hydrogen) atoms. The molecule has 2 aliphatic heterocycles. The molecule has 3 aromatic rings. The Balaban J connectivity index is 1.31. The fourth-order valence-corrected chi connectivity index (χ4v) is 5.50. The fraction of sp³-hybridized carbons (Fsp3) is 0.417. The number of morpholine rings is 1. The lowest BCUT2D eigenvalue weighted by atomic mass is 10.1. The summed E-state index contributed by atoms with van der Waals surface area (Å²) in [4.78, 5) is 20.9. The van der Waals surface area contributed by atoms with Crippen LogP contribution < -0.4 is 4.90 Å². The third-order valence-electron chi connectivity index (χ3n) is 6.03. The van der Waals surface area contributed by atoms with Gasteiger partial charge in [-0.1, -0.05) is 35.5 Å². The number of hydrogen-bond acceptors (Lipinski definition) is 7. The first-order valence-corrected chi connectivity index (χ1v) is 11.9. The largest absolute Gasteiger partial charge is 0.378 e. The monoisotopic (exact) mass is 452 g/mol. The van der Waals surface area contributed by atoms with Crippen LogP contribution in [-0.2, 0) is 11.3 Å². The van der Waals surface area contributed by atoms with E-state index < -0.39 is 0 Å². The van der Waals surface area contributed by atoms with Crippen LogP contribution in [0, 0.1) is 6.92 Å². The van der Waals surface area contributed by atoms with E-state index in [1.807, 2.05) is 36.1 Å². The van der Waals surface area contributed by atoms with E-state index in [1.54, 1.807) is 11.3 Å². The number of rotatable bonds is 5. The average molecular weight is 453 g/mol. The molecule has 2 aromatic heterocycles. The molecule has 0 N–H and O–H groups in total. The van der Waals surface area contributed by atoms with Crippen LogP contribution >= 0.6 is 11.3 Å². The topological polar surface area (TPSA) is 62.0 Å². The minimum atomic E-state index is 0.128. The predicted molar refractivity (Wildman–Crippen MR) is 125 cm³/mol. The first-order valence-electron chi connectivity index (χ1n) is 11.1. The Hall–Kier alpha value is -2.68. The van der Waals surface area contributed by atoms with E-state index in [0.717, 1.165) is 86.5 Å². The van der Waals surface area contributed by atoms with Gasteiger partial charge >= 0.3 is 0 Å². The number of aryl methyl sites for hydroxylation is 1. The Bertz CT molecular complexity index is 1050. The van der Waals surface area contributed by atoms with Gasteiger partial charge in [-0.2, -0.15) is 0 Å². The molecular weight excluding hydrogens is 424 g/mol. The molecule has 1 amide bonds. The van der Waals surface area contributed by atoms with Gasteiger partial charge in [-0.25, -0.2) is 0 Å². The van der Waals surface area contributed by atoms with Crippen LogP contribution in [0.25, 0.3) is 11.1 Å². The molecule has 7 nitrogen and oxygen atoms in total. The normalized spacial score (nSPS) is 17.7. The number of carbonyl (C=O) groups excluding carboxylic acids is 1. The zero-order valence-corrected chi connectivity index (χ0v) is 19.1. The van der Waals surface area contributed by atoms with Gasteiger partial charge in [0.2, 0.25) is 0 Å². The Kier molecular flexibility index (Phi) is 6.25. The molecule has 2 fully saturated rings. The summed E-state index contributed by atoms with van der Waals surface area (Å²) in [5, 5.41) is 5.26. The molecule has 2 aliphatic rings. The molecule has 0 atom stereocenters. The van der Waals surface area contributed by atoms with Crippen molar-refractivity contribution in [3.8, 4) is 11.1 Å². The molecule has 4 heterocycles. The third kappa shape index (κ3) is 4.57. The molecule has 8 heteroatoms. The van der Waals surface area contributed by atoms with Crippen molar-refractivity contribution >= 4 is 22.2 Å². The van der Waals surface area contributed by atoms with Crippen molar-refractivity contribution < 1.29 is 14.1 Å². The molecule has 5 rings (SSSR count). The molecule has 0 unspecified atom stereocenters. The van der Waals surface area contributed by atoms with Crippen LogP contribution in [0.3, 0.4) is 0 Å². The molecule has 2 saturated heterocycles. The highest BCUT2D eigenvalue weighted by atomic mass is 32.1. The first kappa shape index (κ1) is 21.2. The fourth-order valence-electron chi connectivity index (χ4n) is 4.30. The summed E-state index contributed by atoms with van der Waals surface area (Å²) in [6, 6.07) is 14.4. The van der Waals surface area contributed by atoms with E-state index in [-0.39, 0.29) is 5.91 Å². The van der Waals surface area contributed by atoms with Gasteiger partial charge in [-0.15, -0.1) is 11.3 Å². The van der Waals surface area contributed by atoms with Crippen molar-refractivity contribution in [2.24, 2.45) is 0 Å². The maximum Gasteiger partial charge on any atom is 0.264 e. The van der Waals surface area contributed by atoms with Crippen molar-refractivity contribution in [3.63, 3.8) is 0 Å². The van der Waals surface area contributed by atoms with Crippen molar-refractivity contribution in [3.05, 3.63) is 58.8 Å². The molecule has 0 saturated carbocycles. The van der Waals surface area contributed by atoms with E-state index >= 15 is 0 Å². The molecule has 1 aromatic carbocycles. The number of hydrogen-bond donors (Lipinski definition) is 0. The van der Waals surface area contributed by atoms with Crippen LogP contribution in [0.2, 0.25) is 0 Å². The molecule has 0 spiro atoms. The smallest absolute Gasteiger partial charge is 0.264 e. The van der Waals surface area contributed by atoms with Crippen LogP contribution in [0.15, 0.2) is 47.0 Å². The number of thiophene rings is 1. The second-order valence-electron chi connectivity index (χ2n) is 8.29. The van der Waals surface area contributed by atoms with E-state index in [1.165, 1.54) is 5.00 Å². The number of benzene rings is 1. The number of nitrogens with zero attached hydrogens (tertiary/aromatic N) is 4. The third-order valence-corrected chi connectivity index (χ3v) is 7.21.